The number of carbonyl (C=O) groups excluding carboxylic acids is 1. The van der Waals surface area contributed by atoms with E-state index < -0.39 is 14.8 Å². The maximum Gasteiger partial charge on any atom is 0.269 e. The summed E-state index contributed by atoms with van der Waals surface area (Å²) >= 11 is 0. The van der Waals surface area contributed by atoms with Crippen molar-refractivity contribution in [1.82, 2.24) is 9.80 Å². The Hall–Kier alpha value is -2.78. The number of rotatable bonds is 8. The molecule has 1 saturated heterocycles. The number of non-ortho nitro benzene ring substituents is 1. The van der Waals surface area contributed by atoms with Crippen LogP contribution in [-0.2, 0) is 21.1 Å². The molecule has 1 aliphatic heterocycles. The molecule has 3 rings (SSSR count). The molecule has 0 aromatic heterocycles. The minimum atomic E-state index is -3.29. The number of amides is 1. The summed E-state index contributed by atoms with van der Waals surface area (Å²) in [5, 5.41) is 11.2. The number of nitrogens with zero attached hydrogens (tertiary/aromatic N) is 3. The molecule has 1 amide bonds. The number of likely N-dealkylation sites (tertiary alicyclic amines) is 1. The molecule has 2 aromatic carbocycles. The van der Waals surface area contributed by atoms with Gasteiger partial charge in [0.15, 0.2) is 9.84 Å². The van der Waals surface area contributed by atoms with Crippen LogP contribution in [0.15, 0.2) is 53.4 Å². The van der Waals surface area contributed by atoms with Gasteiger partial charge in [0.25, 0.3) is 5.69 Å². The standard InChI is InChI=1S/C22H27N3O5S/c1-23(22(26)14-17-8-10-20(11-9-17)31(2,29)30)21(16-24-12-3-4-13-24)18-6-5-7-19(15-18)25(27)28/h5-11,15,21H,3-4,12-14,16H2,1-2H3/t21-/m1/s1. The SMILES string of the molecule is CN(C(=O)Cc1ccc(S(C)(=O)=O)cc1)[C@H](CN1CCCC1)c1cccc([N+](=O)[O-])c1. The fraction of sp³-hybridized carbons (Fsp3) is 0.409. The third kappa shape index (κ3) is 5.89. The molecule has 0 N–H and O–H groups in total. The molecule has 166 valence electrons. The number of likely N-dealkylation sites (N-methyl/N-ethyl adjacent to an activating group) is 1. The van der Waals surface area contributed by atoms with Crippen LogP contribution in [0, 0.1) is 10.1 Å². The quantitative estimate of drug-likeness (QED) is 0.457. The molecule has 0 bridgehead atoms. The second-order valence-electron chi connectivity index (χ2n) is 7.97. The number of carbonyl (C=O) groups is 1. The minimum absolute atomic E-state index is 0.00105. The van der Waals surface area contributed by atoms with E-state index in [0.717, 1.165) is 37.8 Å². The summed E-state index contributed by atoms with van der Waals surface area (Å²) in [6, 6.07) is 12.4. The molecule has 1 atom stereocenters. The van der Waals surface area contributed by atoms with Crippen LogP contribution in [0.25, 0.3) is 0 Å². The summed E-state index contributed by atoms with van der Waals surface area (Å²) in [7, 11) is -1.58. The highest BCUT2D eigenvalue weighted by atomic mass is 32.2. The number of nitro benzene ring substituents is 1. The number of hydrogen-bond acceptors (Lipinski definition) is 6. The minimum Gasteiger partial charge on any atom is -0.337 e. The highest BCUT2D eigenvalue weighted by Gasteiger charge is 2.27. The molecule has 0 spiro atoms. The molecule has 2 aromatic rings. The van der Waals surface area contributed by atoms with Crippen LogP contribution in [0.4, 0.5) is 5.69 Å². The van der Waals surface area contributed by atoms with E-state index in [1.165, 1.54) is 24.3 Å². The molecular weight excluding hydrogens is 418 g/mol. The fourth-order valence-electron chi connectivity index (χ4n) is 3.83. The summed E-state index contributed by atoms with van der Waals surface area (Å²) in [5.41, 5.74) is 1.44. The van der Waals surface area contributed by atoms with E-state index in [9.17, 15) is 23.3 Å². The van der Waals surface area contributed by atoms with Crippen molar-refractivity contribution in [2.75, 3.05) is 32.9 Å². The number of sulfone groups is 1. The predicted octanol–water partition coefficient (Wildman–Crippen LogP) is 2.84. The lowest BCUT2D eigenvalue weighted by atomic mass is 10.0. The highest BCUT2D eigenvalue weighted by molar-refractivity contribution is 7.90. The molecule has 0 aliphatic carbocycles. The first-order chi connectivity index (χ1) is 14.6. The van der Waals surface area contributed by atoms with Crippen LogP contribution in [0.1, 0.15) is 30.0 Å². The Labute approximate surface area is 182 Å². The zero-order valence-electron chi connectivity index (χ0n) is 17.7. The monoisotopic (exact) mass is 445 g/mol. The summed E-state index contributed by atoms with van der Waals surface area (Å²) in [6.45, 7) is 2.50. The third-order valence-corrected chi connectivity index (χ3v) is 6.79. The lowest BCUT2D eigenvalue weighted by molar-refractivity contribution is -0.385. The predicted molar refractivity (Wildman–Crippen MR) is 118 cm³/mol. The van der Waals surface area contributed by atoms with Gasteiger partial charge in [-0.1, -0.05) is 24.3 Å². The van der Waals surface area contributed by atoms with E-state index in [0.29, 0.717) is 12.1 Å². The summed E-state index contributed by atoms with van der Waals surface area (Å²) in [4.78, 5) is 28.0. The van der Waals surface area contributed by atoms with Gasteiger partial charge in [-0.25, -0.2) is 8.42 Å². The van der Waals surface area contributed by atoms with Gasteiger partial charge in [-0.05, 0) is 49.2 Å². The van der Waals surface area contributed by atoms with Gasteiger partial charge in [-0.15, -0.1) is 0 Å². The molecule has 9 heteroatoms. The van der Waals surface area contributed by atoms with Crippen LogP contribution in [0.5, 0.6) is 0 Å². The number of nitro groups is 1. The normalized spacial score (nSPS) is 15.5. The first-order valence-corrected chi connectivity index (χ1v) is 12.1. The van der Waals surface area contributed by atoms with E-state index in [1.54, 1.807) is 30.1 Å². The van der Waals surface area contributed by atoms with Gasteiger partial charge in [0.2, 0.25) is 5.91 Å². The zero-order chi connectivity index (χ0) is 22.6. The van der Waals surface area contributed by atoms with Crippen molar-refractivity contribution in [2.45, 2.75) is 30.2 Å². The largest absolute Gasteiger partial charge is 0.337 e. The summed E-state index contributed by atoms with van der Waals surface area (Å²) in [5.74, 6) is -0.136. The summed E-state index contributed by atoms with van der Waals surface area (Å²) in [6.07, 6.45) is 3.47. The van der Waals surface area contributed by atoms with Crippen LogP contribution in [-0.4, -0.2) is 62.0 Å². The zero-order valence-corrected chi connectivity index (χ0v) is 18.5. The lowest BCUT2D eigenvalue weighted by Gasteiger charge is -2.32. The Kier molecular flexibility index (Phi) is 7.07. The van der Waals surface area contributed by atoms with E-state index in [1.807, 2.05) is 6.07 Å². The van der Waals surface area contributed by atoms with Crippen LogP contribution >= 0.6 is 0 Å². The first-order valence-electron chi connectivity index (χ1n) is 10.2. The molecule has 8 nitrogen and oxygen atoms in total. The van der Waals surface area contributed by atoms with Crippen LogP contribution in [0.3, 0.4) is 0 Å². The van der Waals surface area contributed by atoms with Crippen molar-refractivity contribution >= 4 is 21.4 Å². The average Bonchev–Trinajstić information content (AvgIpc) is 3.24. The van der Waals surface area contributed by atoms with E-state index in [4.69, 9.17) is 0 Å². The number of benzene rings is 2. The van der Waals surface area contributed by atoms with Crippen molar-refractivity contribution in [1.29, 1.82) is 0 Å². The Balaban J connectivity index is 1.81. The van der Waals surface area contributed by atoms with Crippen molar-refractivity contribution in [3.8, 4) is 0 Å². The molecule has 0 radical (unpaired) electrons. The number of hydrogen-bond donors (Lipinski definition) is 0. The lowest BCUT2D eigenvalue weighted by Crippen LogP contribution is -2.39. The average molecular weight is 446 g/mol. The summed E-state index contributed by atoms with van der Waals surface area (Å²) < 4.78 is 23.3. The van der Waals surface area contributed by atoms with Gasteiger partial charge in [-0.3, -0.25) is 14.9 Å². The maximum atomic E-state index is 13.1. The fourth-order valence-corrected chi connectivity index (χ4v) is 4.46. The van der Waals surface area contributed by atoms with Crippen molar-refractivity contribution in [3.63, 3.8) is 0 Å². The smallest absolute Gasteiger partial charge is 0.269 e. The Bertz CT molecular complexity index is 1050. The third-order valence-electron chi connectivity index (χ3n) is 5.66. The molecule has 0 unspecified atom stereocenters. The van der Waals surface area contributed by atoms with Crippen LogP contribution in [0.2, 0.25) is 0 Å². The molecular formula is C22H27N3O5S. The topological polar surface area (TPSA) is 101 Å². The van der Waals surface area contributed by atoms with Gasteiger partial charge < -0.3 is 9.80 Å². The van der Waals surface area contributed by atoms with Crippen molar-refractivity contribution < 1.29 is 18.1 Å². The maximum absolute atomic E-state index is 13.1. The second-order valence-corrected chi connectivity index (χ2v) is 9.99. The Morgan fingerprint density at radius 1 is 1.16 bits per heavy atom. The molecule has 0 saturated carbocycles. The van der Waals surface area contributed by atoms with Gasteiger partial charge >= 0.3 is 0 Å². The van der Waals surface area contributed by atoms with Gasteiger partial charge in [0.05, 0.1) is 22.3 Å². The van der Waals surface area contributed by atoms with E-state index in [2.05, 4.69) is 4.90 Å². The van der Waals surface area contributed by atoms with Gasteiger partial charge in [0.1, 0.15) is 0 Å². The first kappa shape index (κ1) is 22.9. The molecule has 1 fully saturated rings. The highest BCUT2D eigenvalue weighted by Crippen LogP contribution is 2.26. The van der Waals surface area contributed by atoms with E-state index >= 15 is 0 Å². The van der Waals surface area contributed by atoms with E-state index in [-0.39, 0.29) is 29.0 Å². The van der Waals surface area contributed by atoms with Gasteiger partial charge in [-0.2, -0.15) is 0 Å². The molecule has 1 heterocycles. The molecule has 31 heavy (non-hydrogen) atoms. The molecule has 1 aliphatic rings. The Morgan fingerprint density at radius 2 is 1.81 bits per heavy atom. The Morgan fingerprint density at radius 3 is 2.39 bits per heavy atom. The van der Waals surface area contributed by atoms with Gasteiger partial charge in [0, 0.05) is 32.0 Å². The van der Waals surface area contributed by atoms with Crippen molar-refractivity contribution in [2.24, 2.45) is 0 Å². The second kappa shape index (κ2) is 9.57. The van der Waals surface area contributed by atoms with Crippen molar-refractivity contribution in [3.05, 3.63) is 69.8 Å². The van der Waals surface area contributed by atoms with Crippen LogP contribution < -0.4 is 0 Å².